The predicted molar refractivity (Wildman–Crippen MR) is 94.0 cm³/mol. The zero-order chi connectivity index (χ0) is 17.1. The second-order valence-corrected chi connectivity index (χ2v) is 6.81. The van der Waals surface area contributed by atoms with E-state index in [0.717, 1.165) is 22.7 Å². The van der Waals surface area contributed by atoms with Gasteiger partial charge in [0, 0.05) is 16.5 Å². The summed E-state index contributed by atoms with van der Waals surface area (Å²) in [5.74, 6) is 0.327. The van der Waals surface area contributed by atoms with E-state index < -0.39 is 0 Å². The molecule has 1 N–H and O–H groups in total. The van der Waals surface area contributed by atoms with Gasteiger partial charge in [0.05, 0.1) is 11.7 Å². The fraction of sp³-hybridized carbons (Fsp3) is 0.278. The number of nitrogens with zero attached hydrogens (tertiary/aromatic N) is 2. The van der Waals surface area contributed by atoms with Crippen LogP contribution in [-0.2, 0) is 0 Å². The Morgan fingerprint density at radius 2 is 2.04 bits per heavy atom. The predicted octanol–water partition coefficient (Wildman–Crippen LogP) is 4.30. The Kier molecular flexibility index (Phi) is 4.76. The van der Waals surface area contributed by atoms with E-state index in [4.69, 9.17) is 4.52 Å². The molecule has 0 aliphatic heterocycles. The van der Waals surface area contributed by atoms with E-state index in [9.17, 15) is 4.79 Å². The monoisotopic (exact) mass is 341 g/mol. The van der Waals surface area contributed by atoms with Gasteiger partial charge in [-0.25, -0.2) is 4.98 Å². The van der Waals surface area contributed by atoms with Crippen LogP contribution in [0.2, 0.25) is 0 Å². The molecule has 5 nitrogen and oxygen atoms in total. The van der Waals surface area contributed by atoms with Crippen LogP contribution in [0.5, 0.6) is 0 Å². The molecular weight excluding hydrogens is 322 g/mol. The third-order valence-electron chi connectivity index (χ3n) is 3.86. The van der Waals surface area contributed by atoms with Gasteiger partial charge in [0.15, 0.2) is 11.5 Å². The van der Waals surface area contributed by atoms with Gasteiger partial charge in [0.1, 0.15) is 5.01 Å². The molecule has 0 aliphatic carbocycles. The number of carbonyl (C=O) groups is 1. The zero-order valence-electron chi connectivity index (χ0n) is 13.9. The zero-order valence-corrected chi connectivity index (χ0v) is 14.7. The van der Waals surface area contributed by atoms with E-state index in [1.165, 1.54) is 4.88 Å². The van der Waals surface area contributed by atoms with Crippen molar-refractivity contribution in [3.8, 4) is 11.3 Å². The molecule has 2 aromatic heterocycles. The number of hydrogen-bond donors (Lipinski definition) is 1. The molecule has 1 unspecified atom stereocenters. The summed E-state index contributed by atoms with van der Waals surface area (Å²) < 4.78 is 5.29. The van der Waals surface area contributed by atoms with Crippen LogP contribution in [-0.4, -0.2) is 16.0 Å². The lowest BCUT2D eigenvalue weighted by Crippen LogP contribution is -2.28. The first kappa shape index (κ1) is 16.4. The summed E-state index contributed by atoms with van der Waals surface area (Å²) >= 11 is 1.62. The SMILES string of the molecule is CCC(NC(=O)c1cc(-c2ccccc2)on1)c1nc(C)c(C)s1. The topological polar surface area (TPSA) is 68.0 Å². The number of benzene rings is 1. The van der Waals surface area contributed by atoms with Crippen molar-refractivity contribution in [2.75, 3.05) is 0 Å². The number of carbonyl (C=O) groups excluding carboxylic acids is 1. The third kappa shape index (κ3) is 3.38. The van der Waals surface area contributed by atoms with Crippen LogP contribution in [0.3, 0.4) is 0 Å². The van der Waals surface area contributed by atoms with Crippen LogP contribution in [0.4, 0.5) is 0 Å². The van der Waals surface area contributed by atoms with E-state index in [1.54, 1.807) is 17.4 Å². The third-order valence-corrected chi connectivity index (χ3v) is 5.04. The Balaban J connectivity index is 1.75. The summed E-state index contributed by atoms with van der Waals surface area (Å²) in [6.07, 6.45) is 0.765. The van der Waals surface area contributed by atoms with Gasteiger partial charge in [-0.3, -0.25) is 4.79 Å². The molecule has 1 amide bonds. The quantitative estimate of drug-likeness (QED) is 0.751. The standard InChI is InChI=1S/C18H19N3O2S/c1-4-14(18-19-11(2)12(3)24-18)20-17(22)15-10-16(23-21-15)13-8-6-5-7-9-13/h5-10,14H,4H2,1-3H3,(H,20,22). The molecule has 0 fully saturated rings. The molecule has 1 aromatic carbocycles. The Bertz CT molecular complexity index is 820. The first-order chi connectivity index (χ1) is 11.6. The number of nitrogens with one attached hydrogen (secondary N) is 1. The van der Waals surface area contributed by atoms with Crippen LogP contribution >= 0.6 is 11.3 Å². The highest BCUT2D eigenvalue weighted by Crippen LogP contribution is 2.25. The molecule has 0 bridgehead atoms. The Morgan fingerprint density at radius 3 is 2.67 bits per heavy atom. The van der Waals surface area contributed by atoms with Crippen molar-refractivity contribution >= 4 is 17.2 Å². The number of aryl methyl sites for hydroxylation is 2. The van der Waals surface area contributed by atoms with Gasteiger partial charge in [0.2, 0.25) is 0 Å². The van der Waals surface area contributed by atoms with Crippen molar-refractivity contribution < 1.29 is 9.32 Å². The number of aromatic nitrogens is 2. The van der Waals surface area contributed by atoms with E-state index in [1.807, 2.05) is 51.1 Å². The summed E-state index contributed by atoms with van der Waals surface area (Å²) in [5.41, 5.74) is 2.18. The number of thiazole rings is 1. The molecule has 24 heavy (non-hydrogen) atoms. The highest BCUT2D eigenvalue weighted by atomic mass is 32.1. The maximum absolute atomic E-state index is 12.5. The molecular formula is C18H19N3O2S. The summed E-state index contributed by atoms with van der Waals surface area (Å²) in [5, 5.41) is 7.81. The highest BCUT2D eigenvalue weighted by molar-refractivity contribution is 7.11. The average molecular weight is 341 g/mol. The minimum atomic E-state index is -0.252. The number of hydrogen-bond acceptors (Lipinski definition) is 5. The van der Waals surface area contributed by atoms with Crippen molar-refractivity contribution in [2.24, 2.45) is 0 Å². The van der Waals surface area contributed by atoms with E-state index >= 15 is 0 Å². The maximum Gasteiger partial charge on any atom is 0.274 e. The molecule has 2 heterocycles. The molecule has 0 saturated heterocycles. The van der Waals surface area contributed by atoms with Crippen LogP contribution in [0, 0.1) is 13.8 Å². The van der Waals surface area contributed by atoms with Crippen molar-refractivity contribution in [3.63, 3.8) is 0 Å². The minimum Gasteiger partial charge on any atom is -0.355 e. The number of rotatable bonds is 5. The minimum absolute atomic E-state index is 0.119. The van der Waals surface area contributed by atoms with Crippen LogP contribution in [0.25, 0.3) is 11.3 Å². The van der Waals surface area contributed by atoms with Crippen molar-refractivity contribution in [2.45, 2.75) is 33.2 Å². The summed E-state index contributed by atoms with van der Waals surface area (Å²) in [6, 6.07) is 11.1. The first-order valence-corrected chi connectivity index (χ1v) is 8.67. The molecule has 0 spiro atoms. The largest absolute Gasteiger partial charge is 0.355 e. The molecule has 3 aromatic rings. The fourth-order valence-corrected chi connectivity index (χ4v) is 3.40. The highest BCUT2D eigenvalue weighted by Gasteiger charge is 2.20. The van der Waals surface area contributed by atoms with Crippen LogP contribution in [0.15, 0.2) is 40.9 Å². The molecule has 6 heteroatoms. The van der Waals surface area contributed by atoms with Gasteiger partial charge in [-0.2, -0.15) is 0 Å². The van der Waals surface area contributed by atoms with Gasteiger partial charge < -0.3 is 9.84 Å². The van der Waals surface area contributed by atoms with Gasteiger partial charge in [-0.1, -0.05) is 42.4 Å². The summed E-state index contributed by atoms with van der Waals surface area (Å²) in [6.45, 7) is 6.04. The lowest BCUT2D eigenvalue weighted by Gasteiger charge is -2.13. The summed E-state index contributed by atoms with van der Waals surface area (Å²) in [7, 11) is 0. The van der Waals surface area contributed by atoms with Gasteiger partial charge in [-0.15, -0.1) is 11.3 Å². The Hall–Kier alpha value is -2.47. The number of amides is 1. The molecule has 1 atom stereocenters. The lowest BCUT2D eigenvalue weighted by molar-refractivity contribution is 0.0926. The van der Waals surface area contributed by atoms with E-state index in [0.29, 0.717) is 5.76 Å². The van der Waals surface area contributed by atoms with Crippen molar-refractivity contribution in [1.29, 1.82) is 0 Å². The maximum atomic E-state index is 12.5. The molecule has 0 radical (unpaired) electrons. The van der Waals surface area contributed by atoms with Crippen LogP contribution < -0.4 is 5.32 Å². The smallest absolute Gasteiger partial charge is 0.274 e. The van der Waals surface area contributed by atoms with Gasteiger partial charge in [0.25, 0.3) is 5.91 Å². The van der Waals surface area contributed by atoms with E-state index in [-0.39, 0.29) is 17.6 Å². The van der Waals surface area contributed by atoms with Crippen molar-refractivity contribution in [3.05, 3.63) is 57.7 Å². The summed E-state index contributed by atoms with van der Waals surface area (Å²) in [4.78, 5) is 18.2. The second-order valence-electron chi connectivity index (χ2n) is 5.57. The normalized spacial score (nSPS) is 12.1. The van der Waals surface area contributed by atoms with E-state index in [2.05, 4.69) is 15.5 Å². The molecule has 124 valence electrons. The lowest BCUT2D eigenvalue weighted by atomic mass is 10.1. The average Bonchev–Trinajstić information content (AvgIpc) is 3.21. The Labute approximate surface area is 144 Å². The fourth-order valence-electron chi connectivity index (χ4n) is 2.34. The Morgan fingerprint density at radius 1 is 1.29 bits per heavy atom. The van der Waals surface area contributed by atoms with Gasteiger partial charge in [-0.05, 0) is 20.3 Å². The van der Waals surface area contributed by atoms with Crippen molar-refractivity contribution in [1.82, 2.24) is 15.5 Å². The molecule has 0 saturated carbocycles. The molecule has 3 rings (SSSR count). The van der Waals surface area contributed by atoms with Crippen LogP contribution in [0.1, 0.15) is 45.5 Å². The second kappa shape index (κ2) is 6.97. The van der Waals surface area contributed by atoms with Gasteiger partial charge >= 0.3 is 0 Å². The molecule has 0 aliphatic rings. The first-order valence-electron chi connectivity index (χ1n) is 7.85.